The molecule has 0 aliphatic heterocycles. The van der Waals surface area contributed by atoms with Crippen molar-refractivity contribution < 1.29 is 14.3 Å². The van der Waals surface area contributed by atoms with Crippen molar-refractivity contribution >= 4 is 23.5 Å². The van der Waals surface area contributed by atoms with Crippen LogP contribution in [0.5, 0.6) is 5.75 Å². The molecule has 1 aromatic carbocycles. The van der Waals surface area contributed by atoms with Crippen molar-refractivity contribution in [2.24, 2.45) is 5.73 Å². The van der Waals surface area contributed by atoms with E-state index in [1.54, 1.807) is 12.4 Å². The number of rotatable bonds is 27. The number of carbonyl (C=O) groups is 2. The molecule has 5 aromatic rings. The lowest BCUT2D eigenvalue weighted by atomic mass is 10.1. The van der Waals surface area contributed by atoms with Crippen LogP contribution in [0.3, 0.4) is 0 Å². The number of ether oxygens (including phenoxy) is 1. The minimum Gasteiger partial charge on any atom is -0.494 e. The summed E-state index contributed by atoms with van der Waals surface area (Å²) in [7, 11) is 0. The molecular formula is C44H61N11O3. The third kappa shape index (κ3) is 15.8. The Morgan fingerprint density at radius 2 is 1.17 bits per heavy atom. The van der Waals surface area contributed by atoms with E-state index < -0.39 is 0 Å². The van der Waals surface area contributed by atoms with Gasteiger partial charge in [0.1, 0.15) is 29.0 Å². The first kappa shape index (κ1) is 43.7. The highest BCUT2D eigenvalue weighted by Gasteiger charge is 2.17. The van der Waals surface area contributed by atoms with E-state index in [4.69, 9.17) is 20.4 Å². The number of nitrogens with one attached hydrogen (secondary N) is 4. The first-order chi connectivity index (χ1) is 28.4. The second-order valence-electron chi connectivity index (χ2n) is 14.7. The van der Waals surface area contributed by atoms with Crippen LogP contribution in [0.1, 0.15) is 112 Å². The molecule has 0 saturated carbocycles. The number of hydrogen-bond acceptors (Lipinski definition) is 10. The van der Waals surface area contributed by atoms with Crippen molar-refractivity contribution in [2.75, 3.05) is 23.8 Å². The molecule has 0 radical (unpaired) electrons. The zero-order valence-corrected chi connectivity index (χ0v) is 34.2. The first-order valence-corrected chi connectivity index (χ1v) is 20.8. The number of pyridine rings is 2. The van der Waals surface area contributed by atoms with Crippen LogP contribution in [0.15, 0.2) is 79.4 Å². The van der Waals surface area contributed by atoms with Crippen LogP contribution in [0.2, 0.25) is 0 Å². The Labute approximate surface area is 342 Å². The van der Waals surface area contributed by atoms with Crippen LogP contribution in [0, 0.1) is 0 Å². The number of nitrogens with two attached hydrogens (primary N) is 1. The third-order valence-corrected chi connectivity index (χ3v) is 9.50. The Kier molecular flexibility index (Phi) is 18.3. The Balaban J connectivity index is 1.37. The summed E-state index contributed by atoms with van der Waals surface area (Å²) in [6, 6.07) is 17.9. The summed E-state index contributed by atoms with van der Waals surface area (Å²) in [6.07, 6.45) is 15.8. The molecule has 14 heteroatoms. The van der Waals surface area contributed by atoms with Crippen LogP contribution in [0.4, 0.5) is 11.6 Å². The second-order valence-corrected chi connectivity index (χ2v) is 14.7. The molecule has 0 bridgehead atoms. The number of hydrogen-bond donors (Lipinski definition) is 5. The molecule has 0 unspecified atom stereocenters. The molecule has 0 aliphatic rings. The summed E-state index contributed by atoms with van der Waals surface area (Å²) >= 11 is 0. The van der Waals surface area contributed by atoms with Crippen molar-refractivity contribution in [3.63, 3.8) is 0 Å². The van der Waals surface area contributed by atoms with Gasteiger partial charge in [-0.15, -0.1) is 0 Å². The van der Waals surface area contributed by atoms with Crippen molar-refractivity contribution in [3.8, 4) is 5.75 Å². The smallest absolute Gasteiger partial charge is 0.225 e. The van der Waals surface area contributed by atoms with E-state index in [1.807, 2.05) is 48.8 Å². The average Bonchev–Trinajstić information content (AvgIpc) is 3.92. The number of aromatic nitrogens is 6. The molecule has 4 heterocycles. The topological polar surface area (TPSA) is 183 Å². The van der Waals surface area contributed by atoms with E-state index >= 15 is 0 Å². The van der Waals surface area contributed by atoms with Gasteiger partial charge in [-0.3, -0.25) is 19.4 Å². The van der Waals surface area contributed by atoms with Gasteiger partial charge < -0.3 is 31.1 Å². The number of amides is 2. The Hall–Kier alpha value is -5.44. The molecule has 2 amide bonds. The van der Waals surface area contributed by atoms with Crippen molar-refractivity contribution in [3.05, 3.63) is 114 Å². The summed E-state index contributed by atoms with van der Waals surface area (Å²) in [5, 5.41) is 5.96. The summed E-state index contributed by atoms with van der Waals surface area (Å²) < 4.78 is 6.34. The molecule has 4 aromatic heterocycles. The summed E-state index contributed by atoms with van der Waals surface area (Å²) in [5.41, 5.74) is 9.60. The summed E-state index contributed by atoms with van der Waals surface area (Å²) in [4.78, 5) is 54.9. The molecule has 5 rings (SSSR count). The van der Waals surface area contributed by atoms with Crippen LogP contribution < -0.4 is 21.1 Å². The predicted molar refractivity (Wildman–Crippen MR) is 227 cm³/mol. The fourth-order valence-electron chi connectivity index (χ4n) is 6.69. The predicted octanol–water partition coefficient (Wildman–Crippen LogP) is 7.48. The van der Waals surface area contributed by atoms with Crippen molar-refractivity contribution in [1.29, 1.82) is 0 Å². The van der Waals surface area contributed by atoms with Gasteiger partial charge in [-0.25, -0.2) is 19.9 Å². The zero-order chi connectivity index (χ0) is 40.8. The summed E-state index contributed by atoms with van der Waals surface area (Å²) in [6.45, 7) is 8.77. The van der Waals surface area contributed by atoms with Crippen molar-refractivity contribution in [2.45, 2.75) is 117 Å². The van der Waals surface area contributed by atoms with Gasteiger partial charge in [0.25, 0.3) is 0 Å². The Morgan fingerprint density at radius 1 is 0.655 bits per heavy atom. The van der Waals surface area contributed by atoms with E-state index in [9.17, 15) is 9.59 Å². The lowest BCUT2D eigenvalue weighted by Gasteiger charge is -2.24. The van der Waals surface area contributed by atoms with Gasteiger partial charge in [0.2, 0.25) is 11.8 Å². The van der Waals surface area contributed by atoms with E-state index in [-0.39, 0.29) is 11.8 Å². The Bertz CT molecular complexity index is 1800. The molecule has 58 heavy (non-hydrogen) atoms. The van der Waals surface area contributed by atoms with Gasteiger partial charge in [-0.2, -0.15) is 0 Å². The van der Waals surface area contributed by atoms with Gasteiger partial charge in [-0.1, -0.05) is 57.7 Å². The van der Waals surface area contributed by atoms with E-state index in [2.05, 4.69) is 72.4 Å². The van der Waals surface area contributed by atoms with Gasteiger partial charge in [0, 0.05) is 63.8 Å². The quantitative estimate of drug-likeness (QED) is 0.0334. The highest BCUT2D eigenvalue weighted by atomic mass is 16.5. The Morgan fingerprint density at radius 3 is 1.62 bits per heavy atom. The minimum atomic E-state index is -0.0181. The van der Waals surface area contributed by atoms with Gasteiger partial charge in [0.05, 0.1) is 31.1 Å². The van der Waals surface area contributed by atoms with Gasteiger partial charge in [0.15, 0.2) is 0 Å². The SMILES string of the molecule is CCCCCC(=O)Nc1cccc(CN(Cc2cc(CN(Cc3cccc(NC(=O)CCCCC)n3)Cc3ncc[nH]3)cc(OCCCCN)c2)Cc2ncc[nH]2)n1. The average molecular weight is 792 g/mol. The fourth-order valence-corrected chi connectivity index (χ4v) is 6.69. The monoisotopic (exact) mass is 791 g/mol. The molecular weight excluding hydrogens is 731 g/mol. The molecule has 14 nitrogen and oxygen atoms in total. The number of nitrogens with zero attached hydrogens (tertiary/aromatic N) is 6. The number of imidazole rings is 2. The maximum atomic E-state index is 12.6. The molecule has 0 aliphatic carbocycles. The standard InChI is InChI=1S/C44H61N11O3/c1-3-5-7-17-43(56)52-39-15-11-13-36(50-39)30-54(32-41-46-20-21-47-41)28-34-25-35(27-38(26-34)58-24-10-9-19-45)29-55(33-42-48-22-23-49-42)31-37-14-12-16-40(51-37)53-44(57)18-8-6-4-2/h11-16,20-23,25-27H,3-10,17-19,24,28-33,45H2,1-2H3,(H,46,47)(H,48,49)(H,50,52,56)(H,51,53,57). The highest BCUT2D eigenvalue weighted by Crippen LogP contribution is 2.24. The molecule has 310 valence electrons. The lowest BCUT2D eigenvalue weighted by Crippen LogP contribution is -2.25. The maximum Gasteiger partial charge on any atom is 0.225 e. The van der Waals surface area contributed by atoms with Gasteiger partial charge >= 0.3 is 0 Å². The molecule has 0 atom stereocenters. The van der Waals surface area contributed by atoms with E-state index in [0.717, 1.165) is 91.3 Å². The fraction of sp³-hybridized carbons (Fsp3) is 0.455. The molecule has 0 spiro atoms. The van der Waals surface area contributed by atoms with E-state index in [0.29, 0.717) is 76.9 Å². The number of unbranched alkanes of at least 4 members (excludes halogenated alkanes) is 5. The first-order valence-electron chi connectivity index (χ1n) is 20.8. The largest absolute Gasteiger partial charge is 0.494 e. The number of benzene rings is 1. The van der Waals surface area contributed by atoms with Crippen LogP contribution in [-0.2, 0) is 48.9 Å². The number of anilines is 2. The number of aromatic amines is 2. The van der Waals surface area contributed by atoms with Crippen molar-refractivity contribution in [1.82, 2.24) is 39.7 Å². The number of carbonyl (C=O) groups excluding carboxylic acids is 2. The highest BCUT2D eigenvalue weighted by molar-refractivity contribution is 5.90. The third-order valence-electron chi connectivity index (χ3n) is 9.50. The minimum absolute atomic E-state index is 0.0181. The molecule has 0 fully saturated rings. The van der Waals surface area contributed by atoms with Crippen LogP contribution in [-0.4, -0.2) is 64.7 Å². The lowest BCUT2D eigenvalue weighted by molar-refractivity contribution is -0.117. The van der Waals surface area contributed by atoms with Crippen LogP contribution >= 0.6 is 0 Å². The normalized spacial score (nSPS) is 11.3. The zero-order valence-electron chi connectivity index (χ0n) is 34.2. The maximum absolute atomic E-state index is 12.6. The van der Waals surface area contributed by atoms with Gasteiger partial charge in [-0.05, 0) is 79.8 Å². The second kappa shape index (κ2) is 24.4. The summed E-state index contributed by atoms with van der Waals surface area (Å²) in [5.74, 6) is 3.54. The number of H-pyrrole nitrogens is 2. The molecule has 6 N–H and O–H groups in total. The van der Waals surface area contributed by atoms with E-state index in [1.165, 1.54) is 0 Å². The molecule has 0 saturated heterocycles. The van der Waals surface area contributed by atoms with Crippen LogP contribution in [0.25, 0.3) is 0 Å².